The predicted octanol–water partition coefficient (Wildman–Crippen LogP) is 2.85. The van der Waals surface area contributed by atoms with Crippen molar-refractivity contribution in [3.8, 4) is 0 Å². The number of benzene rings is 1. The van der Waals surface area contributed by atoms with Crippen LogP contribution in [0.1, 0.15) is 36.2 Å². The highest BCUT2D eigenvalue weighted by Crippen LogP contribution is 2.27. The summed E-state index contributed by atoms with van der Waals surface area (Å²) in [5, 5.41) is 19.8. The molecular formula is C12H12BrN5O3. The third-order valence-electron chi connectivity index (χ3n) is 2.66. The maximum absolute atomic E-state index is 12.0. The van der Waals surface area contributed by atoms with Gasteiger partial charge in [-0.1, -0.05) is 13.8 Å². The van der Waals surface area contributed by atoms with Gasteiger partial charge in [0.05, 0.1) is 10.6 Å². The van der Waals surface area contributed by atoms with Crippen molar-refractivity contribution in [3.05, 3.63) is 44.4 Å². The molecule has 0 spiro atoms. The van der Waals surface area contributed by atoms with E-state index in [2.05, 4.69) is 36.4 Å². The first-order valence-corrected chi connectivity index (χ1v) is 6.85. The second-order valence-electron chi connectivity index (χ2n) is 4.57. The standard InChI is InChI=1S/C12H12BrN5O3/c1-6(2)10-15-11(17-16-10)12(19)14-9-4-3-7(18(20)21)5-8(9)13/h3-6H,1-2H3,(H,14,19)(H,15,16,17). The fraction of sp³-hybridized carbons (Fsp3) is 0.250. The third kappa shape index (κ3) is 3.43. The van der Waals surface area contributed by atoms with Gasteiger partial charge in [0.2, 0.25) is 5.82 Å². The van der Waals surface area contributed by atoms with Gasteiger partial charge in [-0.25, -0.2) is 4.98 Å². The van der Waals surface area contributed by atoms with Crippen molar-refractivity contribution in [2.24, 2.45) is 0 Å². The van der Waals surface area contributed by atoms with E-state index in [9.17, 15) is 14.9 Å². The van der Waals surface area contributed by atoms with Gasteiger partial charge in [0.1, 0.15) is 5.82 Å². The zero-order valence-electron chi connectivity index (χ0n) is 11.3. The average molecular weight is 354 g/mol. The van der Waals surface area contributed by atoms with Gasteiger partial charge in [0, 0.05) is 22.5 Å². The minimum atomic E-state index is -0.513. The van der Waals surface area contributed by atoms with Gasteiger partial charge in [0.25, 0.3) is 11.6 Å². The number of anilines is 1. The number of nitrogens with one attached hydrogen (secondary N) is 2. The molecule has 0 radical (unpaired) electrons. The van der Waals surface area contributed by atoms with E-state index in [1.807, 2.05) is 13.8 Å². The van der Waals surface area contributed by atoms with E-state index < -0.39 is 10.8 Å². The first-order chi connectivity index (χ1) is 9.88. The number of nitro groups is 1. The van der Waals surface area contributed by atoms with E-state index in [1.165, 1.54) is 18.2 Å². The Hall–Kier alpha value is -2.29. The Bertz CT molecular complexity index is 698. The van der Waals surface area contributed by atoms with Crippen molar-refractivity contribution in [3.63, 3.8) is 0 Å². The van der Waals surface area contributed by atoms with E-state index in [4.69, 9.17) is 0 Å². The summed E-state index contributed by atoms with van der Waals surface area (Å²) in [5.74, 6) is 0.268. The van der Waals surface area contributed by atoms with Gasteiger partial charge in [-0.15, -0.1) is 5.10 Å². The summed E-state index contributed by atoms with van der Waals surface area (Å²) >= 11 is 3.18. The van der Waals surface area contributed by atoms with Crippen LogP contribution in [-0.2, 0) is 0 Å². The molecule has 1 aromatic carbocycles. The van der Waals surface area contributed by atoms with Crippen LogP contribution in [0.15, 0.2) is 22.7 Å². The molecule has 0 saturated heterocycles. The number of nitrogens with zero attached hydrogens (tertiary/aromatic N) is 3. The molecule has 0 bridgehead atoms. The van der Waals surface area contributed by atoms with Crippen LogP contribution in [0.2, 0.25) is 0 Å². The van der Waals surface area contributed by atoms with Crippen molar-refractivity contribution in [2.75, 3.05) is 5.32 Å². The summed E-state index contributed by atoms with van der Waals surface area (Å²) in [5.41, 5.74) is 0.335. The number of H-pyrrole nitrogens is 1. The molecule has 0 aliphatic carbocycles. The van der Waals surface area contributed by atoms with E-state index in [0.29, 0.717) is 16.0 Å². The topological polar surface area (TPSA) is 114 Å². The van der Waals surface area contributed by atoms with E-state index in [-0.39, 0.29) is 17.4 Å². The fourth-order valence-electron chi connectivity index (χ4n) is 1.53. The van der Waals surface area contributed by atoms with Crippen molar-refractivity contribution in [1.82, 2.24) is 15.2 Å². The number of carbonyl (C=O) groups excluding carboxylic acids is 1. The fourth-order valence-corrected chi connectivity index (χ4v) is 2.00. The smallest absolute Gasteiger partial charge is 0.295 e. The average Bonchev–Trinajstić information content (AvgIpc) is 2.90. The summed E-state index contributed by atoms with van der Waals surface area (Å²) in [6, 6.07) is 4.06. The lowest BCUT2D eigenvalue weighted by Crippen LogP contribution is -2.14. The summed E-state index contributed by atoms with van der Waals surface area (Å²) in [4.78, 5) is 26.2. The molecule has 1 aromatic heterocycles. The van der Waals surface area contributed by atoms with Crippen LogP contribution in [0.3, 0.4) is 0 Å². The molecule has 1 heterocycles. The molecule has 0 aliphatic heterocycles. The quantitative estimate of drug-likeness (QED) is 0.647. The van der Waals surface area contributed by atoms with Crippen LogP contribution in [-0.4, -0.2) is 26.0 Å². The number of halogens is 1. The van der Waals surface area contributed by atoms with Gasteiger partial charge in [-0.05, 0) is 22.0 Å². The minimum Gasteiger partial charge on any atom is -0.318 e. The van der Waals surface area contributed by atoms with Gasteiger partial charge in [-0.2, -0.15) is 0 Å². The SMILES string of the molecule is CC(C)c1nc(C(=O)Nc2ccc([N+](=O)[O-])cc2Br)n[nH]1. The molecule has 0 aliphatic rings. The molecule has 0 unspecified atom stereocenters. The minimum absolute atomic E-state index is 0.0175. The molecule has 9 heteroatoms. The van der Waals surface area contributed by atoms with Crippen molar-refractivity contribution >= 4 is 33.2 Å². The highest BCUT2D eigenvalue weighted by molar-refractivity contribution is 9.10. The molecule has 2 rings (SSSR count). The third-order valence-corrected chi connectivity index (χ3v) is 3.32. The number of rotatable bonds is 4. The van der Waals surface area contributed by atoms with Crippen LogP contribution in [0.4, 0.5) is 11.4 Å². The normalized spacial score (nSPS) is 10.7. The molecular weight excluding hydrogens is 342 g/mol. The monoisotopic (exact) mass is 353 g/mol. The largest absolute Gasteiger partial charge is 0.318 e. The van der Waals surface area contributed by atoms with Gasteiger partial charge >= 0.3 is 0 Å². The highest BCUT2D eigenvalue weighted by atomic mass is 79.9. The molecule has 21 heavy (non-hydrogen) atoms. The lowest BCUT2D eigenvalue weighted by molar-refractivity contribution is -0.384. The van der Waals surface area contributed by atoms with E-state index in [1.54, 1.807) is 0 Å². The van der Waals surface area contributed by atoms with Crippen LogP contribution >= 0.6 is 15.9 Å². The Morgan fingerprint density at radius 1 is 1.48 bits per heavy atom. The number of hydrogen-bond donors (Lipinski definition) is 2. The summed E-state index contributed by atoms with van der Waals surface area (Å²) in [6.07, 6.45) is 0. The number of carbonyl (C=O) groups is 1. The molecule has 1 amide bonds. The summed E-state index contributed by atoms with van der Waals surface area (Å²) in [6.45, 7) is 3.85. The van der Waals surface area contributed by atoms with Crippen LogP contribution in [0.25, 0.3) is 0 Å². The van der Waals surface area contributed by atoms with Crippen molar-refractivity contribution < 1.29 is 9.72 Å². The van der Waals surface area contributed by atoms with Crippen molar-refractivity contribution in [1.29, 1.82) is 0 Å². The lowest BCUT2D eigenvalue weighted by atomic mass is 10.2. The maximum Gasteiger partial charge on any atom is 0.295 e. The van der Waals surface area contributed by atoms with Crippen molar-refractivity contribution in [2.45, 2.75) is 19.8 Å². The zero-order chi connectivity index (χ0) is 15.6. The molecule has 0 atom stereocenters. The molecule has 2 aromatic rings. The van der Waals surface area contributed by atoms with Crippen LogP contribution < -0.4 is 5.32 Å². The molecule has 0 saturated carbocycles. The zero-order valence-corrected chi connectivity index (χ0v) is 12.8. The molecule has 110 valence electrons. The number of aromatic amines is 1. The molecule has 0 fully saturated rings. The van der Waals surface area contributed by atoms with E-state index >= 15 is 0 Å². The number of non-ortho nitro benzene ring substituents is 1. The van der Waals surface area contributed by atoms with E-state index in [0.717, 1.165) is 0 Å². The predicted molar refractivity (Wildman–Crippen MR) is 79.2 cm³/mol. The lowest BCUT2D eigenvalue weighted by Gasteiger charge is -2.05. The van der Waals surface area contributed by atoms with Crippen LogP contribution in [0.5, 0.6) is 0 Å². The second kappa shape index (κ2) is 6.00. The Balaban J connectivity index is 2.17. The first-order valence-electron chi connectivity index (χ1n) is 6.06. The van der Waals surface area contributed by atoms with Crippen LogP contribution in [0, 0.1) is 10.1 Å². The Labute approximate surface area is 128 Å². The van der Waals surface area contributed by atoms with Gasteiger partial charge < -0.3 is 5.32 Å². The van der Waals surface area contributed by atoms with Gasteiger partial charge in [-0.3, -0.25) is 20.0 Å². The molecule has 2 N–H and O–H groups in total. The second-order valence-corrected chi connectivity index (χ2v) is 5.43. The highest BCUT2D eigenvalue weighted by Gasteiger charge is 2.16. The Morgan fingerprint density at radius 2 is 2.19 bits per heavy atom. The Kier molecular flexibility index (Phi) is 4.32. The number of hydrogen-bond acceptors (Lipinski definition) is 5. The van der Waals surface area contributed by atoms with Gasteiger partial charge in [0.15, 0.2) is 0 Å². The maximum atomic E-state index is 12.0. The summed E-state index contributed by atoms with van der Waals surface area (Å²) in [7, 11) is 0. The first kappa shape index (κ1) is 15.1. The number of aromatic nitrogens is 3. The number of amides is 1. The summed E-state index contributed by atoms with van der Waals surface area (Å²) < 4.78 is 0.407. The number of nitro benzene ring substituents is 1. The molecule has 8 nitrogen and oxygen atoms in total. The Morgan fingerprint density at radius 3 is 2.71 bits per heavy atom.